The predicted molar refractivity (Wildman–Crippen MR) is 80.7 cm³/mol. The summed E-state index contributed by atoms with van der Waals surface area (Å²) in [6.07, 6.45) is 4.22. The van der Waals surface area contributed by atoms with Crippen molar-refractivity contribution in [1.82, 2.24) is 15.0 Å². The summed E-state index contributed by atoms with van der Waals surface area (Å²) < 4.78 is 5.35. The number of hydrogen-bond donors (Lipinski definition) is 0. The summed E-state index contributed by atoms with van der Waals surface area (Å²) in [5.41, 5.74) is 4.65. The quantitative estimate of drug-likeness (QED) is 0.811. The predicted octanol–water partition coefficient (Wildman–Crippen LogP) is 2.50. The lowest BCUT2D eigenvalue weighted by Gasteiger charge is -2.21. The highest BCUT2D eigenvalue weighted by Gasteiger charge is 2.57. The van der Waals surface area contributed by atoms with Crippen molar-refractivity contribution in [2.24, 2.45) is 11.3 Å². The number of fused-ring (bicyclic) bond motifs is 3. The van der Waals surface area contributed by atoms with Gasteiger partial charge in [0.05, 0.1) is 16.6 Å². The van der Waals surface area contributed by atoms with Crippen molar-refractivity contribution in [2.75, 3.05) is 13.1 Å². The van der Waals surface area contributed by atoms with Crippen LogP contribution in [0.3, 0.4) is 0 Å². The zero-order valence-corrected chi connectivity index (χ0v) is 13.0. The van der Waals surface area contributed by atoms with Gasteiger partial charge in [-0.2, -0.15) is 0 Å². The number of aromatic nitrogens is 2. The van der Waals surface area contributed by atoms with Crippen LogP contribution in [0, 0.1) is 18.3 Å². The van der Waals surface area contributed by atoms with E-state index in [9.17, 15) is 4.79 Å². The van der Waals surface area contributed by atoms with Crippen LogP contribution >= 0.6 is 0 Å². The number of piperidine rings is 1. The maximum atomic E-state index is 13.2. The molecule has 22 heavy (non-hydrogen) atoms. The molecule has 2 fully saturated rings. The number of nitrogens with zero attached hydrogens (tertiary/aromatic N) is 3. The lowest BCUT2D eigenvalue weighted by Crippen LogP contribution is -2.32. The first-order valence-corrected chi connectivity index (χ1v) is 8.14. The number of carbonyl (C=O) groups is 1. The van der Waals surface area contributed by atoms with E-state index in [2.05, 4.69) is 17.1 Å². The molecule has 2 atom stereocenters. The summed E-state index contributed by atoms with van der Waals surface area (Å²) in [4.78, 5) is 19.8. The van der Waals surface area contributed by atoms with Gasteiger partial charge in [0.25, 0.3) is 11.6 Å². The van der Waals surface area contributed by atoms with Crippen molar-refractivity contribution in [3.8, 4) is 0 Å². The van der Waals surface area contributed by atoms with Crippen LogP contribution in [0.5, 0.6) is 0 Å². The first-order valence-electron chi connectivity index (χ1n) is 8.14. The molecule has 5 nitrogen and oxygen atoms in total. The minimum Gasteiger partial charge on any atom is -0.338 e. The van der Waals surface area contributed by atoms with Crippen LogP contribution in [0.15, 0.2) is 4.52 Å². The molecule has 3 heterocycles. The Morgan fingerprint density at radius 3 is 3.05 bits per heavy atom. The SMILES string of the molecule is Cc1noc2nc3c(c(C(=O)N4CC5CC5(C)C4)c12)CCC3. The highest BCUT2D eigenvalue weighted by molar-refractivity contribution is 6.07. The number of aryl methyl sites for hydroxylation is 2. The topological polar surface area (TPSA) is 59.2 Å². The van der Waals surface area contributed by atoms with Crippen molar-refractivity contribution >= 4 is 17.0 Å². The zero-order valence-electron chi connectivity index (χ0n) is 13.0. The Hall–Kier alpha value is -1.91. The highest BCUT2D eigenvalue weighted by atomic mass is 16.5. The molecule has 2 aromatic rings. The first kappa shape index (κ1) is 12.6. The summed E-state index contributed by atoms with van der Waals surface area (Å²) in [7, 11) is 0. The Morgan fingerprint density at radius 1 is 1.41 bits per heavy atom. The van der Waals surface area contributed by atoms with Gasteiger partial charge in [0, 0.05) is 18.8 Å². The van der Waals surface area contributed by atoms with Gasteiger partial charge in [0.2, 0.25) is 0 Å². The molecule has 0 N–H and O–H groups in total. The molecule has 5 rings (SSSR count). The van der Waals surface area contributed by atoms with Gasteiger partial charge in [-0.25, -0.2) is 4.98 Å². The van der Waals surface area contributed by atoms with E-state index < -0.39 is 0 Å². The van der Waals surface area contributed by atoms with Crippen LogP contribution in [0.4, 0.5) is 0 Å². The number of rotatable bonds is 1. The van der Waals surface area contributed by atoms with Gasteiger partial charge in [0.1, 0.15) is 0 Å². The van der Waals surface area contributed by atoms with E-state index in [1.54, 1.807) is 0 Å². The van der Waals surface area contributed by atoms with E-state index >= 15 is 0 Å². The Kier molecular flexibility index (Phi) is 2.23. The van der Waals surface area contributed by atoms with Crippen LogP contribution < -0.4 is 0 Å². The Bertz CT molecular complexity index is 825. The largest absolute Gasteiger partial charge is 0.338 e. The molecule has 0 bridgehead atoms. The molecule has 0 spiro atoms. The fraction of sp³-hybridized carbons (Fsp3) is 0.588. The molecule has 0 radical (unpaired) electrons. The van der Waals surface area contributed by atoms with Crippen molar-refractivity contribution in [3.63, 3.8) is 0 Å². The summed E-state index contributed by atoms with van der Waals surface area (Å²) in [6, 6.07) is 0. The van der Waals surface area contributed by atoms with E-state index in [0.717, 1.165) is 60.3 Å². The number of hydrogen-bond acceptors (Lipinski definition) is 4. The lowest BCUT2D eigenvalue weighted by molar-refractivity contribution is 0.0767. The molecule has 1 saturated heterocycles. The maximum Gasteiger partial charge on any atom is 0.259 e. The van der Waals surface area contributed by atoms with Crippen LogP contribution in [0.25, 0.3) is 11.1 Å². The van der Waals surface area contributed by atoms with Crippen molar-refractivity contribution in [2.45, 2.75) is 39.5 Å². The first-order chi connectivity index (χ1) is 10.6. The number of pyridine rings is 1. The number of likely N-dealkylation sites (tertiary alicyclic amines) is 1. The summed E-state index contributed by atoms with van der Waals surface area (Å²) in [5, 5.41) is 4.87. The lowest BCUT2D eigenvalue weighted by atomic mass is 10.0. The molecule has 1 amide bonds. The average molecular weight is 297 g/mol. The Morgan fingerprint density at radius 2 is 2.27 bits per heavy atom. The molecular weight excluding hydrogens is 278 g/mol. The molecule has 1 saturated carbocycles. The number of amides is 1. The van der Waals surface area contributed by atoms with Crippen LogP contribution in [0.2, 0.25) is 0 Å². The van der Waals surface area contributed by atoms with Gasteiger partial charge in [-0.15, -0.1) is 0 Å². The van der Waals surface area contributed by atoms with Gasteiger partial charge in [-0.05, 0) is 49.5 Å². The van der Waals surface area contributed by atoms with E-state index in [1.165, 1.54) is 6.42 Å². The van der Waals surface area contributed by atoms with Gasteiger partial charge < -0.3 is 9.42 Å². The van der Waals surface area contributed by atoms with E-state index in [4.69, 9.17) is 4.52 Å². The van der Waals surface area contributed by atoms with Crippen LogP contribution in [0.1, 0.15) is 47.1 Å². The average Bonchev–Trinajstić information content (AvgIpc) is 2.93. The van der Waals surface area contributed by atoms with Gasteiger partial charge in [0.15, 0.2) is 0 Å². The highest BCUT2D eigenvalue weighted by Crippen LogP contribution is 2.57. The molecule has 0 aromatic carbocycles. The molecule has 5 heteroatoms. The van der Waals surface area contributed by atoms with Crippen LogP contribution in [-0.2, 0) is 12.8 Å². The second-order valence-corrected chi connectivity index (χ2v) is 7.45. The normalized spacial score (nSPS) is 29.0. The molecule has 2 aliphatic carbocycles. The minimum atomic E-state index is 0.158. The van der Waals surface area contributed by atoms with Crippen LogP contribution in [-0.4, -0.2) is 34.0 Å². The third kappa shape index (κ3) is 1.51. The third-order valence-corrected chi connectivity index (χ3v) is 5.85. The standard InChI is InChI=1S/C17H19N3O2/c1-9-13-14(16(21)20-7-10-6-17(10,2)8-20)11-4-3-5-12(11)18-15(13)22-19-9/h10H,3-8H2,1-2H3. The van der Waals surface area contributed by atoms with Crippen molar-refractivity contribution in [3.05, 3.63) is 22.5 Å². The molecule has 2 aromatic heterocycles. The minimum absolute atomic E-state index is 0.158. The monoisotopic (exact) mass is 297 g/mol. The third-order valence-electron chi connectivity index (χ3n) is 5.85. The Labute approximate surface area is 128 Å². The fourth-order valence-corrected chi connectivity index (χ4v) is 4.41. The number of carbonyl (C=O) groups excluding carboxylic acids is 1. The van der Waals surface area contributed by atoms with Gasteiger partial charge in [-0.1, -0.05) is 12.1 Å². The zero-order chi connectivity index (χ0) is 15.1. The maximum absolute atomic E-state index is 13.2. The second-order valence-electron chi connectivity index (χ2n) is 7.45. The van der Waals surface area contributed by atoms with Crippen molar-refractivity contribution in [1.29, 1.82) is 0 Å². The van der Waals surface area contributed by atoms with Gasteiger partial charge in [-0.3, -0.25) is 4.79 Å². The molecule has 3 aliphatic rings. The van der Waals surface area contributed by atoms with E-state index in [1.807, 2.05) is 11.8 Å². The summed E-state index contributed by atoms with van der Waals surface area (Å²) in [5.74, 6) is 0.857. The molecule has 114 valence electrons. The summed E-state index contributed by atoms with van der Waals surface area (Å²) >= 11 is 0. The second kappa shape index (κ2) is 3.89. The van der Waals surface area contributed by atoms with Crippen molar-refractivity contribution < 1.29 is 9.32 Å². The fourth-order valence-electron chi connectivity index (χ4n) is 4.41. The van der Waals surface area contributed by atoms with E-state index in [0.29, 0.717) is 17.0 Å². The molecule has 2 unspecified atom stereocenters. The summed E-state index contributed by atoms with van der Waals surface area (Å²) in [6.45, 7) is 5.98. The molecule has 1 aliphatic heterocycles. The smallest absolute Gasteiger partial charge is 0.259 e. The molecular formula is C17H19N3O2. The van der Waals surface area contributed by atoms with Gasteiger partial charge >= 0.3 is 0 Å². The Balaban J connectivity index is 1.67. The van der Waals surface area contributed by atoms with E-state index in [-0.39, 0.29) is 5.91 Å².